The fraction of sp³-hybridized carbons (Fsp3) is 0.300. The van der Waals surface area contributed by atoms with Gasteiger partial charge in [-0.1, -0.05) is 22.0 Å². The number of carbonyl (C=O) groups excluding carboxylic acids is 1. The first-order valence-electron chi connectivity index (χ1n) is 4.33. The Labute approximate surface area is 94.8 Å². The van der Waals surface area contributed by atoms with E-state index in [2.05, 4.69) is 21.2 Å². The number of carbonyl (C=O) groups is 1. The molecule has 0 saturated carbocycles. The van der Waals surface area contributed by atoms with Gasteiger partial charge in [0, 0.05) is 10.0 Å². The van der Waals surface area contributed by atoms with Gasteiger partial charge in [0.15, 0.2) is 0 Å². The van der Waals surface area contributed by atoms with Gasteiger partial charge >= 0.3 is 0 Å². The second kappa shape index (κ2) is 5.21. The average Bonchev–Trinajstić information content (AvgIpc) is 2.18. The predicted molar refractivity (Wildman–Crippen MR) is 57.2 cm³/mol. The third-order valence-corrected chi connectivity index (χ3v) is 2.35. The Morgan fingerprint density at radius 1 is 1.53 bits per heavy atom. The molecule has 0 saturated heterocycles. The molecule has 2 nitrogen and oxygen atoms in total. The maximum Gasteiger partial charge on any atom is 0.255 e. The second-order valence-electron chi connectivity index (χ2n) is 3.06. The molecule has 0 unspecified atom stereocenters. The van der Waals surface area contributed by atoms with Crippen molar-refractivity contribution < 1.29 is 13.6 Å². The summed E-state index contributed by atoms with van der Waals surface area (Å²) in [5, 5.41) is 2.16. The minimum Gasteiger partial charge on any atom is -0.346 e. The minimum absolute atomic E-state index is 0.407. The molecule has 1 aromatic rings. The molecule has 0 bridgehead atoms. The lowest BCUT2D eigenvalue weighted by atomic mass is 10.1. The van der Waals surface area contributed by atoms with Crippen LogP contribution in [0.3, 0.4) is 0 Å². The number of halogens is 3. The van der Waals surface area contributed by atoms with Gasteiger partial charge in [-0.15, -0.1) is 0 Å². The molecule has 0 radical (unpaired) electrons. The number of hydrogen-bond donors (Lipinski definition) is 1. The minimum atomic E-state index is -2.53. The highest BCUT2D eigenvalue weighted by atomic mass is 79.9. The van der Waals surface area contributed by atoms with Crippen LogP contribution in [0.2, 0.25) is 0 Å². The van der Waals surface area contributed by atoms with Crippen LogP contribution in [0.15, 0.2) is 22.7 Å². The van der Waals surface area contributed by atoms with Gasteiger partial charge in [0.2, 0.25) is 0 Å². The molecular weight excluding hydrogens is 268 g/mol. The third-order valence-electron chi connectivity index (χ3n) is 1.86. The number of nitrogens with one attached hydrogen (secondary N) is 1. The van der Waals surface area contributed by atoms with Crippen LogP contribution < -0.4 is 5.32 Å². The summed E-state index contributed by atoms with van der Waals surface area (Å²) in [6.45, 7) is 1.13. The van der Waals surface area contributed by atoms with Crippen LogP contribution in [0.4, 0.5) is 8.78 Å². The van der Waals surface area contributed by atoms with E-state index in [1.54, 1.807) is 25.1 Å². The zero-order valence-electron chi connectivity index (χ0n) is 8.06. The Morgan fingerprint density at radius 3 is 2.80 bits per heavy atom. The highest BCUT2D eigenvalue weighted by Crippen LogP contribution is 2.15. The molecule has 0 aromatic heterocycles. The van der Waals surface area contributed by atoms with Crippen molar-refractivity contribution in [2.45, 2.75) is 13.3 Å². The van der Waals surface area contributed by atoms with Crippen molar-refractivity contribution >= 4 is 21.8 Å². The molecule has 0 aliphatic carbocycles. The van der Waals surface area contributed by atoms with Crippen LogP contribution in [0.1, 0.15) is 15.9 Å². The maximum atomic E-state index is 11.9. The number of benzene rings is 1. The maximum absolute atomic E-state index is 11.9. The lowest BCUT2D eigenvalue weighted by Gasteiger charge is -2.07. The molecule has 1 N–H and O–H groups in total. The average molecular weight is 278 g/mol. The summed E-state index contributed by atoms with van der Waals surface area (Å²) in [5.41, 5.74) is 1.16. The fourth-order valence-electron chi connectivity index (χ4n) is 1.10. The molecule has 0 atom stereocenters. The zero-order valence-corrected chi connectivity index (χ0v) is 9.64. The third kappa shape index (κ3) is 3.58. The van der Waals surface area contributed by atoms with Crippen LogP contribution >= 0.6 is 15.9 Å². The van der Waals surface area contributed by atoms with E-state index in [1.807, 2.05) is 0 Å². The monoisotopic (exact) mass is 277 g/mol. The first kappa shape index (κ1) is 12.1. The van der Waals surface area contributed by atoms with Crippen molar-refractivity contribution in [1.82, 2.24) is 5.32 Å². The van der Waals surface area contributed by atoms with Crippen molar-refractivity contribution in [3.8, 4) is 0 Å². The molecule has 0 spiro atoms. The smallest absolute Gasteiger partial charge is 0.255 e. The first-order valence-corrected chi connectivity index (χ1v) is 5.12. The molecule has 15 heavy (non-hydrogen) atoms. The first-order chi connectivity index (χ1) is 7.00. The Bertz CT molecular complexity index is 368. The topological polar surface area (TPSA) is 29.1 Å². The molecular formula is C10H10BrF2NO. The second-order valence-corrected chi connectivity index (χ2v) is 3.98. The van der Waals surface area contributed by atoms with Crippen molar-refractivity contribution in [2.24, 2.45) is 0 Å². The summed E-state index contributed by atoms with van der Waals surface area (Å²) in [6, 6.07) is 5.15. The largest absolute Gasteiger partial charge is 0.346 e. The van der Waals surface area contributed by atoms with E-state index in [1.165, 1.54) is 0 Å². The van der Waals surface area contributed by atoms with E-state index in [0.29, 0.717) is 5.56 Å². The summed E-state index contributed by atoms with van der Waals surface area (Å²) in [5.74, 6) is -0.478. The Morgan fingerprint density at radius 2 is 2.20 bits per heavy atom. The molecule has 5 heteroatoms. The van der Waals surface area contributed by atoms with Gasteiger partial charge in [0.1, 0.15) is 0 Å². The summed E-state index contributed by atoms with van der Waals surface area (Å²) in [6.07, 6.45) is -2.53. The molecule has 0 heterocycles. The van der Waals surface area contributed by atoms with Gasteiger partial charge in [-0.25, -0.2) is 8.78 Å². The number of aryl methyl sites for hydroxylation is 1. The standard InChI is InChI=1S/C10H10BrF2NO/c1-6-2-3-7(11)4-8(6)10(15)14-5-9(12)13/h2-4,9H,5H2,1H3,(H,14,15). The molecule has 0 aliphatic heterocycles. The van der Waals surface area contributed by atoms with E-state index >= 15 is 0 Å². The van der Waals surface area contributed by atoms with Crippen LogP contribution in [0, 0.1) is 6.92 Å². The van der Waals surface area contributed by atoms with E-state index < -0.39 is 18.9 Å². The number of rotatable bonds is 3. The van der Waals surface area contributed by atoms with E-state index in [9.17, 15) is 13.6 Å². The lowest BCUT2D eigenvalue weighted by Crippen LogP contribution is -2.28. The summed E-state index contributed by atoms with van der Waals surface area (Å²) < 4.78 is 24.5. The number of hydrogen-bond acceptors (Lipinski definition) is 1. The number of alkyl halides is 2. The van der Waals surface area contributed by atoms with Gasteiger partial charge in [-0.2, -0.15) is 0 Å². The molecule has 1 rings (SSSR count). The normalized spacial score (nSPS) is 10.5. The van der Waals surface area contributed by atoms with E-state index in [4.69, 9.17) is 0 Å². The Balaban J connectivity index is 2.77. The van der Waals surface area contributed by atoms with Crippen LogP contribution in [0.25, 0.3) is 0 Å². The van der Waals surface area contributed by atoms with Crippen LogP contribution in [0.5, 0.6) is 0 Å². The molecule has 0 fully saturated rings. The highest BCUT2D eigenvalue weighted by Gasteiger charge is 2.11. The lowest BCUT2D eigenvalue weighted by molar-refractivity contribution is 0.0891. The molecule has 1 aromatic carbocycles. The summed E-state index contributed by atoms with van der Waals surface area (Å²) in [7, 11) is 0. The predicted octanol–water partition coefficient (Wildman–Crippen LogP) is 2.75. The Hall–Kier alpha value is -0.970. The zero-order chi connectivity index (χ0) is 11.4. The number of amides is 1. The van der Waals surface area contributed by atoms with Gasteiger partial charge in [0.05, 0.1) is 6.54 Å². The van der Waals surface area contributed by atoms with Gasteiger partial charge in [-0.05, 0) is 24.6 Å². The van der Waals surface area contributed by atoms with Gasteiger partial charge in [-0.3, -0.25) is 4.79 Å². The van der Waals surface area contributed by atoms with Crippen molar-refractivity contribution in [1.29, 1.82) is 0 Å². The van der Waals surface area contributed by atoms with Crippen LogP contribution in [-0.4, -0.2) is 18.9 Å². The highest BCUT2D eigenvalue weighted by molar-refractivity contribution is 9.10. The fourth-order valence-corrected chi connectivity index (χ4v) is 1.47. The summed E-state index contributed by atoms with van der Waals surface area (Å²) >= 11 is 3.22. The van der Waals surface area contributed by atoms with E-state index in [-0.39, 0.29) is 0 Å². The quantitative estimate of drug-likeness (QED) is 0.905. The SMILES string of the molecule is Cc1ccc(Br)cc1C(=O)NCC(F)F. The van der Waals surface area contributed by atoms with Gasteiger partial charge in [0.25, 0.3) is 12.3 Å². The van der Waals surface area contributed by atoms with Crippen LogP contribution in [-0.2, 0) is 0 Å². The van der Waals surface area contributed by atoms with Crippen molar-refractivity contribution in [3.05, 3.63) is 33.8 Å². The van der Waals surface area contributed by atoms with E-state index in [0.717, 1.165) is 10.0 Å². The molecule has 1 amide bonds. The Kier molecular flexibility index (Phi) is 4.20. The van der Waals surface area contributed by atoms with Gasteiger partial charge < -0.3 is 5.32 Å². The van der Waals surface area contributed by atoms with Crippen molar-refractivity contribution in [2.75, 3.05) is 6.54 Å². The molecule has 0 aliphatic rings. The molecule has 82 valence electrons. The summed E-state index contributed by atoms with van der Waals surface area (Å²) in [4.78, 5) is 11.5. The van der Waals surface area contributed by atoms with Crippen molar-refractivity contribution in [3.63, 3.8) is 0 Å².